The Morgan fingerprint density at radius 1 is 1.47 bits per heavy atom. The predicted octanol–water partition coefficient (Wildman–Crippen LogP) is 3.18. The summed E-state index contributed by atoms with van der Waals surface area (Å²) in [4.78, 5) is 0. The van der Waals surface area contributed by atoms with Crippen LogP contribution in [0.15, 0.2) is 16.6 Å². The van der Waals surface area contributed by atoms with Crippen molar-refractivity contribution in [3.8, 4) is 0 Å². The summed E-state index contributed by atoms with van der Waals surface area (Å²) in [5, 5.41) is 2.21. The number of benzene rings is 1. The lowest BCUT2D eigenvalue weighted by molar-refractivity contribution is 0.151. The summed E-state index contributed by atoms with van der Waals surface area (Å²) in [5.74, 6) is -0.840. The number of hydrogen-bond acceptors (Lipinski definition) is 1. The number of hydrogen-bond donors (Lipinski definition) is 2. The van der Waals surface area contributed by atoms with Crippen molar-refractivity contribution < 1.29 is 13.2 Å². The van der Waals surface area contributed by atoms with Crippen molar-refractivity contribution in [2.24, 2.45) is 5.73 Å². The third-order valence-electron chi connectivity index (χ3n) is 1.56. The molecule has 0 amide bonds. The molecule has 0 bridgehead atoms. The fourth-order valence-corrected chi connectivity index (χ4v) is 1.62. The van der Waals surface area contributed by atoms with Gasteiger partial charge in [0.25, 0.3) is 6.43 Å². The van der Waals surface area contributed by atoms with Crippen LogP contribution < -0.4 is 11.1 Å². The average molecular weight is 299 g/mol. The molecule has 2 nitrogen and oxygen atoms in total. The molecule has 0 aromatic heterocycles. The molecule has 0 fully saturated rings. The van der Waals surface area contributed by atoms with Gasteiger partial charge in [0.2, 0.25) is 0 Å². The molecule has 1 rings (SSSR count). The van der Waals surface area contributed by atoms with Gasteiger partial charge in [-0.1, -0.05) is 0 Å². The van der Waals surface area contributed by atoms with Gasteiger partial charge < -0.3 is 11.1 Å². The number of nitrogens with two attached hydrogens (primary N) is 1. The number of nitrogens with one attached hydrogen (secondary N) is 1. The summed E-state index contributed by atoms with van der Waals surface area (Å²) in [6.45, 7) is 0. The van der Waals surface area contributed by atoms with E-state index < -0.39 is 17.8 Å². The minimum absolute atomic E-state index is 0.0492. The normalized spacial score (nSPS) is 10.5. The van der Waals surface area contributed by atoms with Crippen LogP contribution in [0.5, 0.6) is 0 Å². The van der Waals surface area contributed by atoms with E-state index in [4.69, 9.17) is 5.73 Å². The van der Waals surface area contributed by atoms with Crippen molar-refractivity contribution in [3.05, 3.63) is 28.0 Å². The van der Waals surface area contributed by atoms with Gasteiger partial charge in [0.15, 0.2) is 5.11 Å². The summed E-state index contributed by atoms with van der Waals surface area (Å²) in [6.07, 6.45) is -2.73. The summed E-state index contributed by atoms with van der Waals surface area (Å²) < 4.78 is 38.0. The molecular weight excluding hydrogens is 293 g/mol. The maximum absolute atomic E-state index is 13.3. The van der Waals surface area contributed by atoms with Crippen LogP contribution in [-0.4, -0.2) is 5.11 Å². The van der Waals surface area contributed by atoms with E-state index in [0.717, 1.165) is 12.1 Å². The van der Waals surface area contributed by atoms with E-state index in [9.17, 15) is 13.2 Å². The Morgan fingerprint density at radius 3 is 2.47 bits per heavy atom. The molecular formula is C8H6BrF3N2S. The monoisotopic (exact) mass is 298 g/mol. The number of thiocarbonyl (C=S) groups is 1. The van der Waals surface area contributed by atoms with Crippen LogP contribution >= 0.6 is 28.1 Å². The van der Waals surface area contributed by atoms with E-state index in [1.165, 1.54) is 0 Å². The van der Waals surface area contributed by atoms with E-state index in [0.29, 0.717) is 0 Å². The molecule has 0 saturated heterocycles. The van der Waals surface area contributed by atoms with Crippen molar-refractivity contribution in [2.75, 3.05) is 5.32 Å². The van der Waals surface area contributed by atoms with Crippen molar-refractivity contribution in [1.82, 2.24) is 0 Å². The summed E-state index contributed by atoms with van der Waals surface area (Å²) in [5.41, 5.74) is 4.69. The Labute approximate surface area is 97.8 Å². The standard InChI is InChI=1S/C8H6BrF3N2S/c9-4-1-3(7(11)12)2-5(10)6(4)14-8(13)15/h1-2,7H,(H3,13,14,15). The SMILES string of the molecule is NC(=S)Nc1c(F)cc(C(F)F)cc1Br. The Kier molecular flexibility index (Phi) is 3.92. The molecule has 3 N–H and O–H groups in total. The Bertz CT molecular complexity index is 374. The van der Waals surface area contributed by atoms with Crippen LogP contribution in [0.4, 0.5) is 18.9 Å². The van der Waals surface area contributed by atoms with Crippen LogP contribution in [0.25, 0.3) is 0 Å². The van der Waals surface area contributed by atoms with Gasteiger partial charge in [0.1, 0.15) is 5.82 Å². The first kappa shape index (κ1) is 12.3. The first-order valence-electron chi connectivity index (χ1n) is 3.75. The molecule has 0 aliphatic heterocycles. The minimum Gasteiger partial charge on any atom is -0.376 e. The number of alkyl halides is 2. The highest BCUT2D eigenvalue weighted by Crippen LogP contribution is 2.31. The van der Waals surface area contributed by atoms with Gasteiger partial charge in [-0.05, 0) is 40.3 Å². The highest BCUT2D eigenvalue weighted by Gasteiger charge is 2.14. The largest absolute Gasteiger partial charge is 0.376 e. The van der Waals surface area contributed by atoms with Crippen LogP contribution in [0.1, 0.15) is 12.0 Å². The van der Waals surface area contributed by atoms with Crippen LogP contribution in [0.2, 0.25) is 0 Å². The van der Waals surface area contributed by atoms with E-state index >= 15 is 0 Å². The maximum Gasteiger partial charge on any atom is 0.263 e. The zero-order chi connectivity index (χ0) is 11.6. The second-order valence-electron chi connectivity index (χ2n) is 2.65. The maximum atomic E-state index is 13.3. The van der Waals surface area contributed by atoms with E-state index in [-0.39, 0.29) is 15.3 Å². The van der Waals surface area contributed by atoms with Gasteiger partial charge in [-0.3, -0.25) is 0 Å². The highest BCUT2D eigenvalue weighted by atomic mass is 79.9. The smallest absolute Gasteiger partial charge is 0.263 e. The van der Waals surface area contributed by atoms with Crippen LogP contribution in [0, 0.1) is 5.82 Å². The fourth-order valence-electron chi connectivity index (χ4n) is 0.961. The fraction of sp³-hybridized carbons (Fsp3) is 0.125. The molecule has 82 valence electrons. The lowest BCUT2D eigenvalue weighted by Crippen LogP contribution is -2.20. The molecule has 1 aromatic rings. The molecule has 0 aliphatic carbocycles. The van der Waals surface area contributed by atoms with E-state index in [1.54, 1.807) is 0 Å². The van der Waals surface area contributed by atoms with Crippen molar-refractivity contribution in [1.29, 1.82) is 0 Å². The molecule has 7 heteroatoms. The zero-order valence-electron chi connectivity index (χ0n) is 7.23. The summed E-state index contributed by atoms with van der Waals surface area (Å²) >= 11 is 7.46. The van der Waals surface area contributed by atoms with Gasteiger partial charge in [-0.15, -0.1) is 0 Å². The molecule has 0 radical (unpaired) electrons. The lowest BCUT2D eigenvalue weighted by atomic mass is 10.2. The van der Waals surface area contributed by atoms with Gasteiger partial charge in [-0.2, -0.15) is 0 Å². The van der Waals surface area contributed by atoms with E-state index in [1.807, 2.05) is 0 Å². The average Bonchev–Trinajstić information content (AvgIpc) is 2.10. The topological polar surface area (TPSA) is 38.0 Å². The molecule has 0 spiro atoms. The van der Waals surface area contributed by atoms with Crippen molar-refractivity contribution >= 4 is 38.9 Å². The first-order valence-corrected chi connectivity index (χ1v) is 4.95. The predicted molar refractivity (Wildman–Crippen MR) is 59.5 cm³/mol. The summed E-state index contributed by atoms with van der Waals surface area (Å²) in [7, 11) is 0. The van der Waals surface area contributed by atoms with Gasteiger partial charge in [0, 0.05) is 10.0 Å². The summed E-state index contributed by atoms with van der Waals surface area (Å²) in [6, 6.07) is 1.84. The molecule has 0 saturated carbocycles. The molecule has 15 heavy (non-hydrogen) atoms. The molecule has 0 atom stereocenters. The number of rotatable bonds is 2. The molecule has 1 aromatic carbocycles. The highest BCUT2D eigenvalue weighted by molar-refractivity contribution is 9.10. The molecule has 0 aliphatic rings. The molecule has 0 heterocycles. The first-order chi connectivity index (χ1) is 6.91. The zero-order valence-corrected chi connectivity index (χ0v) is 9.63. The second-order valence-corrected chi connectivity index (χ2v) is 3.94. The minimum atomic E-state index is -2.73. The Balaban J connectivity index is 3.15. The van der Waals surface area contributed by atoms with Gasteiger partial charge in [-0.25, -0.2) is 13.2 Å². The third-order valence-corrected chi connectivity index (χ3v) is 2.29. The van der Waals surface area contributed by atoms with Crippen molar-refractivity contribution in [2.45, 2.75) is 6.43 Å². The molecule has 0 unspecified atom stereocenters. The quantitative estimate of drug-likeness (QED) is 0.824. The van der Waals surface area contributed by atoms with Crippen LogP contribution in [0.3, 0.4) is 0 Å². The van der Waals surface area contributed by atoms with Gasteiger partial charge >= 0.3 is 0 Å². The lowest BCUT2D eigenvalue weighted by Gasteiger charge is -2.09. The van der Waals surface area contributed by atoms with Crippen LogP contribution in [-0.2, 0) is 0 Å². The van der Waals surface area contributed by atoms with Gasteiger partial charge in [0.05, 0.1) is 5.69 Å². The third kappa shape index (κ3) is 3.07. The second kappa shape index (κ2) is 4.80. The number of halogens is 4. The van der Waals surface area contributed by atoms with Crippen molar-refractivity contribution in [3.63, 3.8) is 0 Å². The van der Waals surface area contributed by atoms with E-state index in [2.05, 4.69) is 33.5 Å². The Hall–Kier alpha value is -0.820. The number of anilines is 1. The Morgan fingerprint density at radius 2 is 2.07 bits per heavy atom.